The lowest BCUT2D eigenvalue weighted by Gasteiger charge is -2.33. The fraction of sp³-hybridized carbons (Fsp3) is 0.292. The molecular formula is C24H23F3N4O2. The molecule has 172 valence electrons. The van der Waals surface area contributed by atoms with Gasteiger partial charge in [-0.05, 0) is 42.0 Å². The van der Waals surface area contributed by atoms with Crippen LogP contribution in [-0.4, -0.2) is 52.0 Å². The number of halogens is 3. The van der Waals surface area contributed by atoms with Gasteiger partial charge in [0.2, 0.25) is 0 Å². The van der Waals surface area contributed by atoms with Crippen molar-refractivity contribution in [3.8, 4) is 5.75 Å². The van der Waals surface area contributed by atoms with E-state index < -0.39 is 17.8 Å². The van der Waals surface area contributed by atoms with Gasteiger partial charge in [-0.25, -0.2) is 4.79 Å². The molecule has 0 bridgehead atoms. The number of ether oxygens (including phenoxy) is 1. The Kier molecular flexibility index (Phi) is 6.88. The molecule has 0 saturated carbocycles. The molecule has 0 aliphatic carbocycles. The molecule has 0 radical (unpaired) electrons. The number of piperazine rings is 1. The van der Waals surface area contributed by atoms with Crippen molar-refractivity contribution in [1.82, 2.24) is 19.8 Å². The van der Waals surface area contributed by atoms with Crippen LogP contribution in [0.5, 0.6) is 5.75 Å². The quantitative estimate of drug-likeness (QED) is 0.570. The molecule has 6 nitrogen and oxygen atoms in total. The molecular weight excluding hydrogens is 433 g/mol. The molecule has 1 saturated heterocycles. The molecule has 0 atom stereocenters. The molecule has 2 aromatic heterocycles. The van der Waals surface area contributed by atoms with Gasteiger partial charge < -0.3 is 9.64 Å². The number of amides is 1. The van der Waals surface area contributed by atoms with Crippen molar-refractivity contribution >= 4 is 6.09 Å². The molecule has 1 aromatic carbocycles. The van der Waals surface area contributed by atoms with Gasteiger partial charge in [-0.3, -0.25) is 14.9 Å². The van der Waals surface area contributed by atoms with E-state index in [0.717, 1.165) is 43.2 Å². The normalized spacial score (nSPS) is 14.8. The molecule has 9 heteroatoms. The summed E-state index contributed by atoms with van der Waals surface area (Å²) in [6.45, 7) is 3.38. The number of pyridine rings is 2. The largest absolute Gasteiger partial charge is 0.417 e. The van der Waals surface area contributed by atoms with Crippen LogP contribution >= 0.6 is 0 Å². The third-order valence-electron chi connectivity index (χ3n) is 5.41. The zero-order chi connectivity index (χ0) is 23.3. The molecule has 0 spiro atoms. The molecule has 4 rings (SSSR count). The average molecular weight is 456 g/mol. The van der Waals surface area contributed by atoms with Gasteiger partial charge in [0.25, 0.3) is 0 Å². The second-order valence-corrected chi connectivity index (χ2v) is 7.81. The molecule has 1 fully saturated rings. The Balaban J connectivity index is 1.25. The maximum absolute atomic E-state index is 12.6. The highest BCUT2D eigenvalue weighted by Gasteiger charge is 2.30. The van der Waals surface area contributed by atoms with Crippen molar-refractivity contribution < 1.29 is 22.7 Å². The first-order chi connectivity index (χ1) is 15.9. The van der Waals surface area contributed by atoms with Gasteiger partial charge >= 0.3 is 12.3 Å². The second kappa shape index (κ2) is 9.99. The Morgan fingerprint density at radius 1 is 0.909 bits per heavy atom. The molecule has 33 heavy (non-hydrogen) atoms. The maximum Gasteiger partial charge on any atom is 0.417 e. The third-order valence-corrected chi connectivity index (χ3v) is 5.41. The van der Waals surface area contributed by atoms with Gasteiger partial charge in [-0.1, -0.05) is 18.2 Å². The standard InChI is InChI=1S/C24H23F3N4O2/c25-24(26,27)19-6-7-20(29-16-19)15-18-4-8-22(9-5-18)33-23(32)31-13-11-30(12-14-31)17-21-3-1-2-10-28-21/h1-10,16H,11-15,17H2. The SMILES string of the molecule is O=C(Oc1ccc(Cc2ccc(C(F)(F)F)cn2)cc1)N1CCN(Cc2ccccn2)CC1. The van der Waals surface area contributed by atoms with Crippen LogP contribution in [0.1, 0.15) is 22.5 Å². The van der Waals surface area contributed by atoms with E-state index >= 15 is 0 Å². The summed E-state index contributed by atoms with van der Waals surface area (Å²) in [5.41, 5.74) is 1.60. The number of carbonyl (C=O) groups excluding carboxylic acids is 1. The van der Waals surface area contributed by atoms with Gasteiger partial charge in [0.05, 0.1) is 11.3 Å². The summed E-state index contributed by atoms with van der Waals surface area (Å²) in [5, 5.41) is 0. The first-order valence-electron chi connectivity index (χ1n) is 10.6. The number of hydrogen-bond acceptors (Lipinski definition) is 5. The van der Waals surface area contributed by atoms with Crippen LogP contribution < -0.4 is 4.74 Å². The first-order valence-corrected chi connectivity index (χ1v) is 10.6. The number of alkyl halides is 3. The predicted octanol–water partition coefficient (Wildman–Crippen LogP) is 4.40. The minimum absolute atomic E-state index is 0.380. The molecule has 1 aliphatic rings. The fourth-order valence-electron chi connectivity index (χ4n) is 3.56. The van der Waals surface area contributed by atoms with E-state index in [-0.39, 0.29) is 0 Å². The van der Waals surface area contributed by atoms with Gasteiger partial charge in [-0.2, -0.15) is 13.2 Å². The van der Waals surface area contributed by atoms with Gasteiger partial charge in [-0.15, -0.1) is 0 Å². The molecule has 3 heterocycles. The Bertz CT molecular complexity index is 1050. The summed E-state index contributed by atoms with van der Waals surface area (Å²) in [4.78, 5) is 24.6. The number of nitrogens with zero attached hydrogens (tertiary/aromatic N) is 4. The minimum Gasteiger partial charge on any atom is -0.410 e. The van der Waals surface area contributed by atoms with Crippen LogP contribution in [0.4, 0.5) is 18.0 Å². The van der Waals surface area contributed by atoms with Crippen molar-refractivity contribution in [2.24, 2.45) is 0 Å². The summed E-state index contributed by atoms with van der Waals surface area (Å²) in [6.07, 6.45) is -1.81. The lowest BCUT2D eigenvalue weighted by Crippen LogP contribution is -2.49. The highest BCUT2D eigenvalue weighted by Crippen LogP contribution is 2.28. The van der Waals surface area contributed by atoms with Crippen molar-refractivity contribution in [2.45, 2.75) is 19.1 Å². The highest BCUT2D eigenvalue weighted by atomic mass is 19.4. The maximum atomic E-state index is 12.6. The molecule has 0 unspecified atom stereocenters. The van der Waals surface area contributed by atoms with Crippen molar-refractivity contribution in [3.05, 3.63) is 89.5 Å². The fourth-order valence-corrected chi connectivity index (χ4v) is 3.56. The molecule has 1 aliphatic heterocycles. The predicted molar refractivity (Wildman–Crippen MR) is 116 cm³/mol. The summed E-state index contributed by atoms with van der Waals surface area (Å²) in [6, 6.07) is 15.1. The summed E-state index contributed by atoms with van der Waals surface area (Å²) in [5.74, 6) is 0.417. The van der Waals surface area contributed by atoms with Crippen LogP contribution in [0.25, 0.3) is 0 Å². The van der Waals surface area contributed by atoms with E-state index in [2.05, 4.69) is 14.9 Å². The van der Waals surface area contributed by atoms with E-state index in [1.807, 2.05) is 18.2 Å². The van der Waals surface area contributed by atoms with E-state index in [9.17, 15) is 18.0 Å². The van der Waals surface area contributed by atoms with Crippen molar-refractivity contribution in [3.63, 3.8) is 0 Å². The molecule has 1 amide bonds. The van der Waals surface area contributed by atoms with Crippen molar-refractivity contribution in [1.29, 1.82) is 0 Å². The number of hydrogen-bond donors (Lipinski definition) is 0. The second-order valence-electron chi connectivity index (χ2n) is 7.81. The average Bonchev–Trinajstić information content (AvgIpc) is 2.81. The van der Waals surface area contributed by atoms with Gasteiger partial charge in [0.15, 0.2) is 0 Å². The topological polar surface area (TPSA) is 58.6 Å². The number of rotatable bonds is 5. The number of carbonyl (C=O) groups is 1. The van der Waals surface area contributed by atoms with Gasteiger partial charge in [0, 0.05) is 57.2 Å². The van der Waals surface area contributed by atoms with Crippen LogP contribution in [0.15, 0.2) is 67.0 Å². The van der Waals surface area contributed by atoms with E-state index in [0.29, 0.717) is 31.0 Å². The zero-order valence-corrected chi connectivity index (χ0v) is 17.8. The molecule has 0 N–H and O–H groups in total. The van der Waals surface area contributed by atoms with E-state index in [1.165, 1.54) is 6.07 Å². The summed E-state index contributed by atoms with van der Waals surface area (Å²) >= 11 is 0. The minimum atomic E-state index is -4.40. The van der Waals surface area contributed by atoms with E-state index in [4.69, 9.17) is 4.74 Å². The Morgan fingerprint density at radius 3 is 2.27 bits per heavy atom. The monoisotopic (exact) mass is 456 g/mol. The first kappa shape index (κ1) is 22.7. The number of benzene rings is 1. The van der Waals surface area contributed by atoms with Crippen LogP contribution in [0.3, 0.4) is 0 Å². The molecule has 3 aromatic rings. The summed E-state index contributed by atoms with van der Waals surface area (Å²) < 4.78 is 43.4. The Morgan fingerprint density at radius 2 is 1.67 bits per heavy atom. The van der Waals surface area contributed by atoms with Gasteiger partial charge in [0.1, 0.15) is 5.75 Å². The Labute approximate surface area is 189 Å². The lowest BCUT2D eigenvalue weighted by atomic mass is 10.1. The Hall–Kier alpha value is -3.46. The smallest absolute Gasteiger partial charge is 0.410 e. The van der Waals surface area contributed by atoms with Crippen LogP contribution in [0, 0.1) is 0 Å². The number of aromatic nitrogens is 2. The third kappa shape index (κ3) is 6.29. The van der Waals surface area contributed by atoms with Crippen LogP contribution in [0.2, 0.25) is 0 Å². The van der Waals surface area contributed by atoms with E-state index in [1.54, 1.807) is 35.4 Å². The highest BCUT2D eigenvalue weighted by molar-refractivity contribution is 5.70. The van der Waals surface area contributed by atoms with Crippen LogP contribution in [-0.2, 0) is 19.1 Å². The lowest BCUT2D eigenvalue weighted by molar-refractivity contribution is -0.137. The van der Waals surface area contributed by atoms with Crippen molar-refractivity contribution in [2.75, 3.05) is 26.2 Å². The zero-order valence-electron chi connectivity index (χ0n) is 17.8. The summed E-state index contributed by atoms with van der Waals surface area (Å²) in [7, 11) is 0.